The fourth-order valence-electron chi connectivity index (χ4n) is 3.93. The van der Waals surface area contributed by atoms with Crippen molar-refractivity contribution in [1.82, 2.24) is 5.01 Å². The van der Waals surface area contributed by atoms with Gasteiger partial charge in [-0.25, -0.2) is 0 Å². The molecule has 2 aliphatic rings. The van der Waals surface area contributed by atoms with Crippen LogP contribution in [0, 0.1) is 12.3 Å². The molecule has 39 heavy (non-hydrogen) atoms. The van der Waals surface area contributed by atoms with Gasteiger partial charge in [0.15, 0.2) is 17.3 Å². The van der Waals surface area contributed by atoms with Crippen LogP contribution in [0.4, 0.5) is 0 Å². The van der Waals surface area contributed by atoms with Crippen molar-refractivity contribution < 1.29 is 19.0 Å². The lowest BCUT2D eigenvalue weighted by Crippen LogP contribution is -2.35. The first-order chi connectivity index (χ1) is 18.9. The summed E-state index contributed by atoms with van der Waals surface area (Å²) in [6.45, 7) is 5.01. The van der Waals surface area contributed by atoms with Crippen LogP contribution in [0.1, 0.15) is 23.6 Å². The Balaban J connectivity index is 1.32. The molecule has 0 saturated heterocycles. The van der Waals surface area contributed by atoms with Gasteiger partial charge >= 0.3 is 0 Å². The predicted molar refractivity (Wildman–Crippen MR) is 155 cm³/mol. The predicted octanol–water partition coefficient (Wildman–Crippen LogP) is 6.17. The second-order valence-corrected chi connectivity index (χ2v) is 9.87. The first-order valence-electron chi connectivity index (χ1n) is 12.3. The van der Waals surface area contributed by atoms with Crippen molar-refractivity contribution in [3.05, 3.63) is 94.0 Å². The maximum atomic E-state index is 12.9. The number of halogens is 1. The third kappa shape index (κ3) is 5.84. The minimum atomic E-state index is -0.513. The van der Waals surface area contributed by atoms with E-state index in [-0.39, 0.29) is 11.4 Å². The maximum Gasteiger partial charge on any atom is 0.283 e. The Bertz CT molecular complexity index is 1540. The highest BCUT2D eigenvalue weighted by Crippen LogP contribution is 2.34. The third-order valence-corrected chi connectivity index (χ3v) is 7.10. The lowest BCUT2D eigenvalue weighted by Gasteiger charge is -2.20. The van der Waals surface area contributed by atoms with Crippen molar-refractivity contribution in [3.8, 4) is 17.2 Å². The van der Waals surface area contributed by atoms with Gasteiger partial charge in [-0.2, -0.15) is 15.1 Å². The van der Waals surface area contributed by atoms with Crippen LogP contribution in [-0.4, -0.2) is 46.8 Å². The zero-order valence-corrected chi connectivity index (χ0v) is 22.9. The topological polar surface area (TPSA) is 96.6 Å². The normalized spacial score (nSPS) is 15.7. The summed E-state index contributed by atoms with van der Waals surface area (Å²) in [5.41, 5.74) is 2.55. The number of hydrogen-bond acceptors (Lipinski definition) is 7. The van der Waals surface area contributed by atoms with Gasteiger partial charge in [-0.3, -0.25) is 10.2 Å². The molecule has 2 aliphatic heterocycles. The van der Waals surface area contributed by atoms with Gasteiger partial charge < -0.3 is 14.2 Å². The molecule has 8 nitrogen and oxygen atoms in total. The number of para-hydroxylation sites is 1. The number of aryl methyl sites for hydroxylation is 1. The Morgan fingerprint density at radius 2 is 1.72 bits per heavy atom. The quantitative estimate of drug-likeness (QED) is 0.248. The highest BCUT2D eigenvalue weighted by Gasteiger charge is 2.36. The molecule has 0 fully saturated rings. The molecule has 0 unspecified atom stereocenters. The second kappa shape index (κ2) is 11.8. The van der Waals surface area contributed by atoms with Crippen molar-refractivity contribution in [2.75, 3.05) is 19.8 Å². The summed E-state index contributed by atoms with van der Waals surface area (Å²) in [4.78, 5) is 17.0. The number of hydrazone groups is 1. The van der Waals surface area contributed by atoms with E-state index in [1.807, 2.05) is 56.3 Å². The first kappa shape index (κ1) is 26.5. The van der Waals surface area contributed by atoms with Crippen molar-refractivity contribution in [2.24, 2.45) is 10.1 Å². The van der Waals surface area contributed by atoms with Crippen LogP contribution in [0.25, 0.3) is 6.08 Å². The molecule has 3 aromatic rings. The van der Waals surface area contributed by atoms with E-state index in [0.717, 1.165) is 11.3 Å². The van der Waals surface area contributed by atoms with E-state index in [0.29, 0.717) is 57.7 Å². The number of fused-ring (bicyclic) bond motifs is 1. The Labute approximate surface area is 235 Å². The molecular formula is C29H25ClN4O4S. The second-order valence-electron chi connectivity index (χ2n) is 8.51. The third-order valence-electron chi connectivity index (χ3n) is 5.83. The number of ether oxygens (including phenoxy) is 3. The maximum absolute atomic E-state index is 12.9. The van der Waals surface area contributed by atoms with Crippen LogP contribution >= 0.6 is 23.4 Å². The van der Waals surface area contributed by atoms with Gasteiger partial charge in [-0.15, -0.1) is 0 Å². The van der Waals surface area contributed by atoms with E-state index in [2.05, 4.69) is 10.1 Å². The number of amides is 1. The minimum Gasteiger partial charge on any atom is -0.490 e. The lowest BCUT2D eigenvalue weighted by molar-refractivity contribution is -0.114. The van der Waals surface area contributed by atoms with Crippen LogP contribution in [0.15, 0.2) is 82.4 Å². The molecule has 0 spiro atoms. The summed E-state index contributed by atoms with van der Waals surface area (Å²) >= 11 is 7.52. The molecule has 5 rings (SSSR count). The molecule has 3 aromatic carbocycles. The molecule has 198 valence electrons. The smallest absolute Gasteiger partial charge is 0.283 e. The summed E-state index contributed by atoms with van der Waals surface area (Å²) in [5.74, 6) is 1.32. The Morgan fingerprint density at radius 1 is 0.974 bits per heavy atom. The molecule has 1 amide bonds. The fraction of sp³-hybridized carbons (Fsp3) is 0.172. The molecule has 2 heterocycles. The van der Waals surface area contributed by atoms with E-state index < -0.39 is 5.91 Å². The van der Waals surface area contributed by atoms with Gasteiger partial charge in [-0.05, 0) is 67.1 Å². The number of benzene rings is 3. The van der Waals surface area contributed by atoms with E-state index in [4.69, 9.17) is 31.2 Å². The Morgan fingerprint density at radius 3 is 2.49 bits per heavy atom. The highest BCUT2D eigenvalue weighted by molar-refractivity contribution is 8.27. The van der Waals surface area contributed by atoms with Gasteiger partial charge in [0.05, 0.1) is 17.2 Å². The summed E-state index contributed by atoms with van der Waals surface area (Å²) in [6.07, 6.45) is 1.60. The van der Waals surface area contributed by atoms with E-state index in [1.165, 1.54) is 16.8 Å². The number of nitrogens with zero attached hydrogens (tertiary/aromatic N) is 3. The van der Waals surface area contributed by atoms with Gasteiger partial charge in [0.2, 0.25) is 5.17 Å². The minimum absolute atomic E-state index is 0.0637. The molecule has 0 aromatic heterocycles. The number of nitrogens with one attached hydrogen (secondary N) is 1. The van der Waals surface area contributed by atoms with Gasteiger partial charge in [0.25, 0.3) is 5.91 Å². The molecule has 1 N–H and O–H groups in total. The molecule has 0 bridgehead atoms. The summed E-state index contributed by atoms with van der Waals surface area (Å²) in [7, 11) is 0. The van der Waals surface area contributed by atoms with Gasteiger partial charge in [-0.1, -0.05) is 54.1 Å². The molecule has 0 radical (unpaired) electrons. The van der Waals surface area contributed by atoms with E-state index in [1.54, 1.807) is 30.3 Å². The number of rotatable bonds is 9. The Hall–Kier alpha value is -4.08. The molecule has 0 saturated carbocycles. The first-order valence-corrected chi connectivity index (χ1v) is 13.5. The van der Waals surface area contributed by atoms with Crippen molar-refractivity contribution in [3.63, 3.8) is 0 Å². The largest absolute Gasteiger partial charge is 0.490 e. The van der Waals surface area contributed by atoms with E-state index in [9.17, 15) is 4.79 Å². The average molecular weight is 561 g/mol. The van der Waals surface area contributed by atoms with E-state index >= 15 is 0 Å². The zero-order chi connectivity index (χ0) is 27.4. The standard InChI is InChI=1S/C29H25ClN4O4S/c1-3-36-25-17-19(12-13-24(25)38-15-14-37-23-11-7-4-8-18(23)2)16-21-26(31)34-29(32-27(21)35)39-28(33-34)20-9-5-6-10-22(20)30/h4-13,16-17,31H,3,14-15H2,1-2H3/b21-16-,31-26?. The lowest BCUT2D eigenvalue weighted by atomic mass is 10.1. The van der Waals surface area contributed by atoms with Gasteiger partial charge in [0.1, 0.15) is 24.0 Å². The van der Waals surface area contributed by atoms with Crippen LogP contribution in [0.2, 0.25) is 5.02 Å². The number of carbonyl (C=O) groups excluding carboxylic acids is 1. The van der Waals surface area contributed by atoms with Crippen molar-refractivity contribution >= 4 is 51.4 Å². The van der Waals surface area contributed by atoms with Crippen LogP contribution < -0.4 is 14.2 Å². The Kier molecular flexibility index (Phi) is 7.99. The molecular weight excluding hydrogens is 536 g/mol. The molecule has 0 aliphatic carbocycles. The summed E-state index contributed by atoms with van der Waals surface area (Å²) in [5, 5.41) is 16.0. The highest BCUT2D eigenvalue weighted by atomic mass is 35.5. The summed E-state index contributed by atoms with van der Waals surface area (Å²) in [6, 6.07) is 20.4. The SMILES string of the molecule is CCOc1cc(/C=C2/C(=N)N3N=C(c4ccccc4Cl)SC3=NC2=O)ccc1OCCOc1ccccc1C. The zero-order valence-electron chi connectivity index (χ0n) is 21.3. The number of aliphatic imine (C=N–C) groups is 1. The fourth-order valence-corrected chi connectivity index (χ4v) is 5.14. The number of hydrogen-bond donors (Lipinski definition) is 1. The number of amidine groups is 2. The molecule has 10 heteroatoms. The monoisotopic (exact) mass is 560 g/mol. The van der Waals surface area contributed by atoms with Crippen molar-refractivity contribution in [2.45, 2.75) is 13.8 Å². The summed E-state index contributed by atoms with van der Waals surface area (Å²) < 4.78 is 17.5. The van der Waals surface area contributed by atoms with Crippen LogP contribution in [0.3, 0.4) is 0 Å². The number of thioether (sulfide) groups is 1. The molecule has 0 atom stereocenters. The van der Waals surface area contributed by atoms with Gasteiger partial charge in [0, 0.05) is 5.56 Å². The number of carbonyl (C=O) groups is 1. The van der Waals surface area contributed by atoms with Crippen molar-refractivity contribution in [1.29, 1.82) is 5.41 Å². The van der Waals surface area contributed by atoms with Crippen LogP contribution in [-0.2, 0) is 4.79 Å². The average Bonchev–Trinajstić information content (AvgIpc) is 3.35. The van der Waals surface area contributed by atoms with Crippen LogP contribution in [0.5, 0.6) is 17.2 Å².